The van der Waals surface area contributed by atoms with Crippen LogP contribution in [0.4, 0.5) is 5.82 Å². The Labute approximate surface area is 188 Å². The van der Waals surface area contributed by atoms with Crippen LogP contribution in [0.1, 0.15) is 18.7 Å². The van der Waals surface area contributed by atoms with Gasteiger partial charge in [0.2, 0.25) is 0 Å². The Kier molecular flexibility index (Phi) is 6.91. The van der Waals surface area contributed by atoms with E-state index in [9.17, 15) is 14.8 Å². The molecule has 3 aromatic rings. The second kappa shape index (κ2) is 9.69. The fourth-order valence-corrected chi connectivity index (χ4v) is 3.87. The molecule has 33 heavy (non-hydrogen) atoms. The van der Waals surface area contributed by atoms with E-state index in [1.54, 1.807) is 0 Å². The zero-order valence-electron chi connectivity index (χ0n) is 17.6. The lowest BCUT2D eigenvalue weighted by molar-refractivity contribution is -0.0504. The maximum absolute atomic E-state index is 10.9. The lowest BCUT2D eigenvalue weighted by Crippen LogP contribution is -2.33. The van der Waals surface area contributed by atoms with E-state index in [2.05, 4.69) is 24.8 Å². The van der Waals surface area contributed by atoms with Crippen molar-refractivity contribution in [1.29, 1.82) is 0 Å². The lowest BCUT2D eigenvalue weighted by Gasteiger charge is -2.16. The quantitative estimate of drug-likeness (QED) is 0.268. The fourth-order valence-electron chi connectivity index (χ4n) is 3.53. The van der Waals surface area contributed by atoms with Crippen LogP contribution in [0, 0.1) is 0 Å². The number of aliphatic hydroxyl groups excluding tert-OH is 2. The van der Waals surface area contributed by atoms with Crippen LogP contribution >= 0.6 is 7.82 Å². The second-order valence-electron chi connectivity index (χ2n) is 7.31. The Balaban J connectivity index is 1.51. The van der Waals surface area contributed by atoms with E-state index >= 15 is 0 Å². The predicted octanol–water partition coefficient (Wildman–Crippen LogP) is 0.566. The molecule has 1 aliphatic heterocycles. The van der Waals surface area contributed by atoms with Crippen molar-refractivity contribution in [2.24, 2.45) is 0 Å². The number of rotatable bonds is 9. The summed E-state index contributed by atoms with van der Waals surface area (Å²) in [6.07, 6.45) is -2.39. The SMILES string of the molecule is CCOc1cccc(CNc2ncnc3c2ncn3[C@@H]2O[C@H](COP(=O)(O)O)[C@@H](O)[C@H]2O)c1. The van der Waals surface area contributed by atoms with E-state index in [1.807, 2.05) is 31.2 Å². The maximum atomic E-state index is 10.9. The molecule has 2 aromatic heterocycles. The minimum Gasteiger partial charge on any atom is -0.494 e. The summed E-state index contributed by atoms with van der Waals surface area (Å²) in [5.41, 5.74) is 1.72. The summed E-state index contributed by atoms with van der Waals surface area (Å²) in [7, 11) is -4.76. The average molecular weight is 481 g/mol. The monoisotopic (exact) mass is 481 g/mol. The Hall–Kier alpha value is -2.64. The molecule has 0 aliphatic carbocycles. The average Bonchev–Trinajstić information content (AvgIpc) is 3.32. The summed E-state index contributed by atoms with van der Waals surface area (Å²) >= 11 is 0. The number of aromatic nitrogens is 4. The summed E-state index contributed by atoms with van der Waals surface area (Å²) in [6, 6.07) is 7.62. The highest BCUT2D eigenvalue weighted by Crippen LogP contribution is 2.39. The molecule has 1 aliphatic rings. The lowest BCUT2D eigenvalue weighted by atomic mass is 10.1. The molecule has 4 rings (SSSR count). The van der Waals surface area contributed by atoms with Gasteiger partial charge in [-0.15, -0.1) is 0 Å². The van der Waals surface area contributed by atoms with Gasteiger partial charge in [-0.2, -0.15) is 0 Å². The molecule has 3 heterocycles. The van der Waals surface area contributed by atoms with Gasteiger partial charge in [0.05, 0.1) is 19.5 Å². The summed E-state index contributed by atoms with van der Waals surface area (Å²) in [5, 5.41) is 23.9. The molecule has 0 radical (unpaired) electrons. The number of aliphatic hydroxyl groups is 2. The van der Waals surface area contributed by atoms with Gasteiger partial charge in [0.15, 0.2) is 23.2 Å². The van der Waals surface area contributed by atoms with E-state index in [4.69, 9.17) is 19.3 Å². The molecule has 0 amide bonds. The molecule has 0 unspecified atom stereocenters. The molecule has 4 atom stereocenters. The Bertz CT molecular complexity index is 1150. The highest BCUT2D eigenvalue weighted by atomic mass is 31.2. The number of imidazole rings is 1. The van der Waals surface area contributed by atoms with Crippen LogP contribution < -0.4 is 10.1 Å². The van der Waals surface area contributed by atoms with Gasteiger partial charge in [-0.3, -0.25) is 9.09 Å². The van der Waals surface area contributed by atoms with Gasteiger partial charge in [-0.1, -0.05) is 12.1 Å². The van der Waals surface area contributed by atoms with Crippen LogP contribution in [0.25, 0.3) is 11.2 Å². The Morgan fingerprint density at radius 3 is 2.79 bits per heavy atom. The van der Waals surface area contributed by atoms with Crippen LogP contribution in [0.5, 0.6) is 5.75 Å². The van der Waals surface area contributed by atoms with Gasteiger partial charge in [0, 0.05) is 6.54 Å². The number of phosphoric ester groups is 1. The third-order valence-electron chi connectivity index (χ3n) is 5.05. The molecule has 0 saturated carbocycles. The van der Waals surface area contributed by atoms with E-state index in [0.29, 0.717) is 30.1 Å². The van der Waals surface area contributed by atoms with Crippen LogP contribution in [-0.2, 0) is 20.4 Å². The smallest absolute Gasteiger partial charge is 0.469 e. The van der Waals surface area contributed by atoms with Crippen molar-refractivity contribution < 1.29 is 38.6 Å². The first kappa shape index (κ1) is 23.5. The highest BCUT2D eigenvalue weighted by Gasteiger charge is 2.45. The third-order valence-corrected chi connectivity index (χ3v) is 5.53. The van der Waals surface area contributed by atoms with Crippen molar-refractivity contribution in [3.63, 3.8) is 0 Å². The minimum atomic E-state index is -4.76. The first-order valence-corrected chi connectivity index (χ1v) is 11.6. The number of fused-ring (bicyclic) bond motifs is 1. The molecule has 1 aromatic carbocycles. The van der Waals surface area contributed by atoms with Crippen molar-refractivity contribution in [2.45, 2.75) is 38.0 Å². The van der Waals surface area contributed by atoms with Crippen LogP contribution in [0.2, 0.25) is 0 Å². The van der Waals surface area contributed by atoms with Gasteiger partial charge in [0.25, 0.3) is 0 Å². The highest BCUT2D eigenvalue weighted by molar-refractivity contribution is 7.46. The first-order chi connectivity index (χ1) is 15.8. The maximum Gasteiger partial charge on any atom is 0.469 e. The topological polar surface area (TPSA) is 181 Å². The molecule has 178 valence electrons. The van der Waals surface area contributed by atoms with Crippen molar-refractivity contribution in [3.8, 4) is 5.75 Å². The zero-order valence-corrected chi connectivity index (χ0v) is 18.4. The minimum absolute atomic E-state index is 0.336. The number of benzene rings is 1. The van der Waals surface area contributed by atoms with E-state index < -0.39 is 39.0 Å². The number of hydrogen-bond acceptors (Lipinski definition) is 10. The molecular formula is C19H24N5O8P. The van der Waals surface area contributed by atoms with Gasteiger partial charge in [-0.25, -0.2) is 19.5 Å². The largest absolute Gasteiger partial charge is 0.494 e. The summed E-state index contributed by atoms with van der Waals surface area (Å²) in [4.78, 5) is 30.5. The summed E-state index contributed by atoms with van der Waals surface area (Å²) in [5.74, 6) is 1.21. The zero-order chi connectivity index (χ0) is 23.6. The molecule has 13 nitrogen and oxygen atoms in total. The Morgan fingerprint density at radius 2 is 2.03 bits per heavy atom. The number of hydrogen-bond donors (Lipinski definition) is 5. The molecule has 1 saturated heterocycles. The predicted molar refractivity (Wildman–Crippen MR) is 114 cm³/mol. The fraction of sp³-hybridized carbons (Fsp3) is 0.421. The molecule has 1 fully saturated rings. The Morgan fingerprint density at radius 1 is 1.21 bits per heavy atom. The van der Waals surface area contributed by atoms with Gasteiger partial charge in [0.1, 0.15) is 30.4 Å². The number of nitrogens with one attached hydrogen (secondary N) is 1. The molecule has 5 N–H and O–H groups in total. The third kappa shape index (κ3) is 5.31. The summed E-state index contributed by atoms with van der Waals surface area (Å²) < 4.78 is 27.9. The van der Waals surface area contributed by atoms with Crippen molar-refractivity contribution in [1.82, 2.24) is 19.5 Å². The number of phosphoric acid groups is 1. The van der Waals surface area contributed by atoms with Crippen molar-refractivity contribution in [2.75, 3.05) is 18.5 Å². The van der Waals surface area contributed by atoms with Crippen LogP contribution in [-0.4, -0.2) is 71.0 Å². The second-order valence-corrected chi connectivity index (χ2v) is 8.55. The molecule has 0 bridgehead atoms. The molecular weight excluding hydrogens is 457 g/mol. The van der Waals surface area contributed by atoms with Gasteiger partial charge < -0.3 is 34.8 Å². The number of ether oxygens (including phenoxy) is 2. The van der Waals surface area contributed by atoms with E-state index in [1.165, 1.54) is 17.2 Å². The van der Waals surface area contributed by atoms with Crippen molar-refractivity contribution >= 4 is 24.8 Å². The normalized spacial score (nSPS) is 23.2. The first-order valence-electron chi connectivity index (χ1n) is 10.1. The van der Waals surface area contributed by atoms with Crippen LogP contribution in [0.3, 0.4) is 0 Å². The molecule has 0 spiro atoms. The van der Waals surface area contributed by atoms with Gasteiger partial charge in [-0.05, 0) is 24.6 Å². The standard InChI is InChI=1S/C19H24N5O8P/c1-2-30-12-5-3-4-11(6-12)7-20-17-14-18(22-9-21-17)24(10-23-14)19-16(26)15(25)13(32-19)8-31-33(27,28)29/h3-6,9-10,13,15-16,19,25-26H,2,7-8H2,1H3,(H,20,21,22)(H2,27,28,29)/t13-,15-,16-,19-/m1/s1. The number of anilines is 1. The summed E-state index contributed by atoms with van der Waals surface area (Å²) in [6.45, 7) is 2.32. The van der Waals surface area contributed by atoms with Gasteiger partial charge >= 0.3 is 7.82 Å². The van der Waals surface area contributed by atoms with Crippen molar-refractivity contribution in [3.05, 3.63) is 42.5 Å². The number of nitrogens with zero attached hydrogens (tertiary/aromatic N) is 4. The van der Waals surface area contributed by atoms with Crippen LogP contribution in [0.15, 0.2) is 36.9 Å². The van der Waals surface area contributed by atoms with E-state index in [0.717, 1.165) is 11.3 Å². The van der Waals surface area contributed by atoms with E-state index in [-0.39, 0.29) is 0 Å². The molecule has 14 heteroatoms.